The quantitative estimate of drug-likeness (QED) is 0.808. The molecule has 2 aromatic rings. The summed E-state index contributed by atoms with van der Waals surface area (Å²) in [6.07, 6.45) is 2.53. The molecule has 0 amide bonds. The van der Waals surface area contributed by atoms with Gasteiger partial charge in [0, 0.05) is 31.9 Å². The zero-order valence-electron chi connectivity index (χ0n) is 11.5. The molecule has 1 aromatic carbocycles. The molecule has 1 unspecified atom stereocenters. The molecule has 20 heavy (non-hydrogen) atoms. The van der Waals surface area contributed by atoms with Gasteiger partial charge in [-0.25, -0.2) is 4.39 Å². The summed E-state index contributed by atoms with van der Waals surface area (Å²) in [5.41, 5.74) is 1.87. The fraction of sp³-hybridized carbons (Fsp3) is 0.429. The summed E-state index contributed by atoms with van der Waals surface area (Å²) in [7, 11) is 0. The summed E-state index contributed by atoms with van der Waals surface area (Å²) < 4.78 is 14.6. The predicted octanol–water partition coefficient (Wildman–Crippen LogP) is 1.65. The number of hydrogen-bond donors (Lipinski definition) is 2. The van der Waals surface area contributed by atoms with Crippen LogP contribution in [0, 0.1) is 5.82 Å². The van der Waals surface area contributed by atoms with Crippen molar-refractivity contribution >= 4 is 0 Å². The van der Waals surface area contributed by atoms with Gasteiger partial charge in [0.2, 0.25) is 0 Å². The zero-order chi connectivity index (χ0) is 14.4. The van der Waals surface area contributed by atoms with E-state index in [1.54, 1.807) is 16.8 Å². The highest BCUT2D eigenvalue weighted by molar-refractivity contribution is 5.19. The SMILES string of the molecule is CC(NCc1cn(CCCO)nn1)c1ccc(F)cc1. The molecule has 1 atom stereocenters. The number of rotatable bonds is 7. The summed E-state index contributed by atoms with van der Waals surface area (Å²) in [5, 5.41) is 20.1. The fourth-order valence-corrected chi connectivity index (χ4v) is 1.89. The van der Waals surface area contributed by atoms with Crippen LogP contribution in [-0.4, -0.2) is 26.7 Å². The average Bonchev–Trinajstić information content (AvgIpc) is 2.91. The number of aliphatic hydroxyl groups is 1. The third kappa shape index (κ3) is 4.11. The van der Waals surface area contributed by atoms with Crippen molar-refractivity contribution in [3.05, 3.63) is 47.5 Å². The molecule has 2 rings (SSSR count). The van der Waals surface area contributed by atoms with Crippen LogP contribution in [0.2, 0.25) is 0 Å². The van der Waals surface area contributed by atoms with Crippen LogP contribution < -0.4 is 5.32 Å². The molecule has 0 aliphatic heterocycles. The van der Waals surface area contributed by atoms with Crippen LogP contribution in [0.15, 0.2) is 30.5 Å². The molecule has 2 N–H and O–H groups in total. The second-order valence-electron chi connectivity index (χ2n) is 4.70. The maximum Gasteiger partial charge on any atom is 0.123 e. The van der Waals surface area contributed by atoms with Gasteiger partial charge in [0.25, 0.3) is 0 Å². The Morgan fingerprint density at radius 2 is 2.10 bits per heavy atom. The second-order valence-corrected chi connectivity index (χ2v) is 4.70. The van der Waals surface area contributed by atoms with E-state index < -0.39 is 0 Å². The minimum atomic E-state index is -0.229. The standard InChI is InChI=1S/C14H19FN4O/c1-11(12-3-5-13(15)6-4-12)16-9-14-10-19(18-17-14)7-2-8-20/h3-6,10-11,16,20H,2,7-9H2,1H3. The van der Waals surface area contributed by atoms with E-state index in [1.807, 2.05) is 13.1 Å². The molecular formula is C14H19FN4O. The van der Waals surface area contributed by atoms with Crippen molar-refractivity contribution < 1.29 is 9.50 Å². The molecule has 6 heteroatoms. The van der Waals surface area contributed by atoms with E-state index >= 15 is 0 Å². The van der Waals surface area contributed by atoms with Crippen molar-refractivity contribution in [2.24, 2.45) is 0 Å². The molecule has 1 aromatic heterocycles. The Kier molecular flexibility index (Phi) is 5.20. The maximum atomic E-state index is 12.8. The van der Waals surface area contributed by atoms with Crippen molar-refractivity contribution in [1.29, 1.82) is 0 Å². The largest absolute Gasteiger partial charge is 0.396 e. The lowest BCUT2D eigenvalue weighted by molar-refractivity contribution is 0.276. The Labute approximate surface area is 117 Å². The topological polar surface area (TPSA) is 63.0 Å². The van der Waals surface area contributed by atoms with Gasteiger partial charge in [-0.3, -0.25) is 4.68 Å². The molecule has 0 fully saturated rings. The molecule has 0 bridgehead atoms. The van der Waals surface area contributed by atoms with Crippen molar-refractivity contribution in [1.82, 2.24) is 20.3 Å². The molecule has 0 saturated carbocycles. The minimum absolute atomic E-state index is 0.109. The van der Waals surface area contributed by atoms with Crippen LogP contribution in [0.5, 0.6) is 0 Å². The van der Waals surface area contributed by atoms with E-state index in [4.69, 9.17) is 5.11 Å². The van der Waals surface area contributed by atoms with Gasteiger partial charge in [0.1, 0.15) is 5.82 Å². The highest BCUT2D eigenvalue weighted by Gasteiger charge is 2.07. The second kappa shape index (κ2) is 7.12. The van der Waals surface area contributed by atoms with Crippen molar-refractivity contribution in [3.63, 3.8) is 0 Å². The number of aryl methyl sites for hydroxylation is 1. The first-order valence-electron chi connectivity index (χ1n) is 6.68. The van der Waals surface area contributed by atoms with Crippen molar-refractivity contribution in [2.75, 3.05) is 6.61 Å². The van der Waals surface area contributed by atoms with E-state index in [1.165, 1.54) is 12.1 Å². The number of hydrogen-bond acceptors (Lipinski definition) is 4. The van der Waals surface area contributed by atoms with Gasteiger partial charge in [0.15, 0.2) is 0 Å². The average molecular weight is 278 g/mol. The molecule has 0 saturated heterocycles. The highest BCUT2D eigenvalue weighted by Crippen LogP contribution is 2.13. The highest BCUT2D eigenvalue weighted by atomic mass is 19.1. The van der Waals surface area contributed by atoms with Crippen LogP contribution in [-0.2, 0) is 13.1 Å². The number of halogens is 1. The van der Waals surface area contributed by atoms with Gasteiger partial charge < -0.3 is 10.4 Å². The predicted molar refractivity (Wildman–Crippen MR) is 73.4 cm³/mol. The van der Waals surface area contributed by atoms with Gasteiger partial charge in [-0.1, -0.05) is 17.3 Å². The first-order valence-corrected chi connectivity index (χ1v) is 6.68. The lowest BCUT2D eigenvalue weighted by Crippen LogP contribution is -2.18. The van der Waals surface area contributed by atoms with Crippen LogP contribution in [0.25, 0.3) is 0 Å². The van der Waals surface area contributed by atoms with Crippen LogP contribution in [0.3, 0.4) is 0 Å². The Balaban J connectivity index is 1.85. The Hall–Kier alpha value is -1.79. The molecular weight excluding hydrogens is 259 g/mol. The normalized spacial score (nSPS) is 12.6. The van der Waals surface area contributed by atoms with Crippen LogP contribution in [0.4, 0.5) is 4.39 Å². The zero-order valence-corrected chi connectivity index (χ0v) is 11.5. The number of nitrogens with one attached hydrogen (secondary N) is 1. The molecule has 108 valence electrons. The first-order chi connectivity index (χ1) is 9.69. The third-order valence-electron chi connectivity index (χ3n) is 3.09. The van der Waals surface area contributed by atoms with Gasteiger partial charge in [-0.05, 0) is 31.0 Å². The summed E-state index contributed by atoms with van der Waals surface area (Å²) >= 11 is 0. The number of aromatic nitrogens is 3. The minimum Gasteiger partial charge on any atom is -0.396 e. The Bertz CT molecular complexity index is 526. The molecule has 0 radical (unpaired) electrons. The van der Waals surface area contributed by atoms with E-state index in [0.29, 0.717) is 19.5 Å². The lowest BCUT2D eigenvalue weighted by Gasteiger charge is -2.12. The van der Waals surface area contributed by atoms with Gasteiger partial charge in [-0.15, -0.1) is 5.10 Å². The summed E-state index contributed by atoms with van der Waals surface area (Å²) in [6.45, 7) is 3.42. The fourth-order valence-electron chi connectivity index (χ4n) is 1.89. The smallest absolute Gasteiger partial charge is 0.123 e. The van der Waals surface area contributed by atoms with Gasteiger partial charge in [0.05, 0.1) is 5.69 Å². The third-order valence-corrected chi connectivity index (χ3v) is 3.09. The van der Waals surface area contributed by atoms with Crippen molar-refractivity contribution in [2.45, 2.75) is 32.5 Å². The summed E-state index contributed by atoms with van der Waals surface area (Å²) in [6, 6.07) is 6.56. The van der Waals surface area contributed by atoms with E-state index in [0.717, 1.165) is 11.3 Å². The van der Waals surface area contributed by atoms with E-state index in [9.17, 15) is 4.39 Å². The molecule has 0 aliphatic rings. The summed E-state index contributed by atoms with van der Waals surface area (Å²) in [5.74, 6) is -0.229. The Morgan fingerprint density at radius 1 is 1.35 bits per heavy atom. The van der Waals surface area contributed by atoms with Crippen LogP contribution >= 0.6 is 0 Å². The first kappa shape index (κ1) is 14.6. The summed E-state index contributed by atoms with van der Waals surface area (Å²) in [4.78, 5) is 0. The molecule has 1 heterocycles. The number of benzene rings is 1. The van der Waals surface area contributed by atoms with E-state index in [2.05, 4.69) is 15.6 Å². The monoisotopic (exact) mass is 278 g/mol. The van der Waals surface area contributed by atoms with E-state index in [-0.39, 0.29) is 18.5 Å². The molecule has 0 aliphatic carbocycles. The molecule has 0 spiro atoms. The Morgan fingerprint density at radius 3 is 2.80 bits per heavy atom. The van der Waals surface area contributed by atoms with Crippen molar-refractivity contribution in [3.8, 4) is 0 Å². The maximum absolute atomic E-state index is 12.8. The van der Waals surface area contributed by atoms with Gasteiger partial charge in [-0.2, -0.15) is 0 Å². The lowest BCUT2D eigenvalue weighted by atomic mass is 10.1. The van der Waals surface area contributed by atoms with Crippen LogP contribution in [0.1, 0.15) is 30.6 Å². The molecule has 5 nitrogen and oxygen atoms in total. The van der Waals surface area contributed by atoms with Gasteiger partial charge >= 0.3 is 0 Å². The number of nitrogens with zero attached hydrogens (tertiary/aromatic N) is 3. The number of aliphatic hydroxyl groups excluding tert-OH is 1.